The molecule has 7 heteroatoms. The number of amides is 3. The molecule has 2 heterocycles. The first-order valence-electron chi connectivity index (χ1n) is 11.4. The first kappa shape index (κ1) is 22.1. The molecule has 0 radical (unpaired) electrons. The molecular formula is C25H32N4O3. The zero-order chi connectivity index (χ0) is 22.5. The molecule has 2 aromatic carbocycles. The van der Waals surface area contributed by atoms with Gasteiger partial charge < -0.3 is 25.2 Å². The molecule has 7 nitrogen and oxygen atoms in total. The highest BCUT2D eigenvalue weighted by molar-refractivity contribution is 5.93. The summed E-state index contributed by atoms with van der Waals surface area (Å²) >= 11 is 0. The van der Waals surface area contributed by atoms with Gasteiger partial charge in [0, 0.05) is 32.6 Å². The number of likely N-dealkylation sites (tertiary alicyclic amines) is 1. The second kappa shape index (κ2) is 10.0. The van der Waals surface area contributed by atoms with Gasteiger partial charge in [0.2, 0.25) is 5.91 Å². The molecule has 3 atom stereocenters. The van der Waals surface area contributed by atoms with Crippen molar-refractivity contribution in [2.75, 3.05) is 36.4 Å². The minimum atomic E-state index is -0.285. The molecule has 2 aromatic rings. The Hall–Kier alpha value is -3.06. The van der Waals surface area contributed by atoms with E-state index in [1.165, 1.54) is 0 Å². The number of nitrogens with zero attached hydrogens (tertiary/aromatic N) is 2. The lowest BCUT2D eigenvalue weighted by molar-refractivity contribution is -0.128. The molecule has 0 spiro atoms. The highest BCUT2D eigenvalue weighted by atomic mass is 16.5. The number of anilines is 2. The molecule has 3 amide bonds. The van der Waals surface area contributed by atoms with Crippen LogP contribution >= 0.6 is 0 Å². The predicted octanol–water partition coefficient (Wildman–Crippen LogP) is 3.79. The number of rotatable bonds is 6. The number of nitrogens with one attached hydrogen (secondary N) is 2. The second-order valence-electron chi connectivity index (χ2n) is 8.68. The van der Waals surface area contributed by atoms with Crippen LogP contribution in [0.3, 0.4) is 0 Å². The SMILES string of the molecule is C[C@@H]1CN(c2ccccc2NC(=O)N[C@@H](CN2CCCC2=O)c2ccccc2)C[C@@H](C)O1. The number of para-hydroxylation sites is 2. The molecular weight excluding hydrogens is 404 g/mol. The van der Waals surface area contributed by atoms with E-state index in [-0.39, 0.29) is 30.2 Å². The standard InChI is InChI=1S/C25H32N4O3/c1-18-15-29(16-19(2)32-18)23-12-7-6-11-21(23)26-25(31)27-22(20-9-4-3-5-10-20)17-28-14-8-13-24(28)30/h3-7,9-12,18-19,22H,8,13-17H2,1-2H3,(H2,26,27,31)/t18-,19-,22+/m1/s1. The van der Waals surface area contributed by atoms with Crippen LogP contribution in [0.2, 0.25) is 0 Å². The van der Waals surface area contributed by atoms with Crippen molar-refractivity contribution in [3.63, 3.8) is 0 Å². The zero-order valence-corrected chi connectivity index (χ0v) is 18.8. The van der Waals surface area contributed by atoms with E-state index < -0.39 is 0 Å². The Kier molecular flexibility index (Phi) is 6.95. The number of urea groups is 1. The molecule has 2 aliphatic rings. The van der Waals surface area contributed by atoms with E-state index >= 15 is 0 Å². The summed E-state index contributed by atoms with van der Waals surface area (Å²) in [5.74, 6) is 0.147. The van der Waals surface area contributed by atoms with Crippen LogP contribution in [-0.4, -0.2) is 55.2 Å². The fraction of sp³-hybridized carbons (Fsp3) is 0.440. The number of morpholine rings is 1. The van der Waals surface area contributed by atoms with Crippen molar-refractivity contribution in [3.05, 3.63) is 60.2 Å². The van der Waals surface area contributed by atoms with Crippen LogP contribution in [0.4, 0.5) is 16.2 Å². The summed E-state index contributed by atoms with van der Waals surface area (Å²) < 4.78 is 5.86. The minimum Gasteiger partial charge on any atom is -0.372 e. The van der Waals surface area contributed by atoms with Gasteiger partial charge >= 0.3 is 6.03 Å². The molecule has 0 saturated carbocycles. The van der Waals surface area contributed by atoms with Crippen LogP contribution in [0.5, 0.6) is 0 Å². The van der Waals surface area contributed by atoms with Crippen molar-refractivity contribution in [1.82, 2.24) is 10.2 Å². The van der Waals surface area contributed by atoms with E-state index in [4.69, 9.17) is 4.74 Å². The van der Waals surface area contributed by atoms with Crippen LogP contribution in [0.1, 0.15) is 38.3 Å². The number of carbonyl (C=O) groups excluding carboxylic acids is 2. The summed E-state index contributed by atoms with van der Waals surface area (Å²) in [4.78, 5) is 29.3. The maximum atomic E-state index is 13.0. The summed E-state index contributed by atoms with van der Waals surface area (Å²) in [5, 5.41) is 6.13. The topological polar surface area (TPSA) is 73.9 Å². The van der Waals surface area contributed by atoms with E-state index in [0.29, 0.717) is 13.0 Å². The Bertz CT molecular complexity index is 926. The molecule has 0 unspecified atom stereocenters. The van der Waals surface area contributed by atoms with Gasteiger partial charge in [-0.3, -0.25) is 4.79 Å². The Balaban J connectivity index is 1.48. The minimum absolute atomic E-state index is 0.126. The summed E-state index contributed by atoms with van der Waals surface area (Å²) in [6, 6.07) is 17.1. The van der Waals surface area contributed by atoms with Crippen molar-refractivity contribution in [2.45, 2.75) is 44.9 Å². The molecule has 170 valence electrons. The fourth-order valence-electron chi connectivity index (χ4n) is 4.58. The van der Waals surface area contributed by atoms with Gasteiger partial charge in [-0.2, -0.15) is 0 Å². The largest absolute Gasteiger partial charge is 0.372 e. The molecule has 0 aliphatic carbocycles. The third-order valence-electron chi connectivity index (χ3n) is 5.99. The van der Waals surface area contributed by atoms with E-state index in [1.54, 1.807) is 0 Å². The Labute approximate surface area is 189 Å². The number of ether oxygens (including phenoxy) is 1. The zero-order valence-electron chi connectivity index (χ0n) is 18.8. The average Bonchev–Trinajstić information content (AvgIpc) is 3.18. The predicted molar refractivity (Wildman–Crippen MR) is 126 cm³/mol. The molecule has 4 rings (SSSR count). The number of hydrogen-bond donors (Lipinski definition) is 2. The Morgan fingerprint density at radius 2 is 1.75 bits per heavy atom. The first-order valence-corrected chi connectivity index (χ1v) is 11.4. The average molecular weight is 437 g/mol. The lowest BCUT2D eigenvalue weighted by Crippen LogP contribution is -2.46. The van der Waals surface area contributed by atoms with Gasteiger partial charge in [-0.25, -0.2) is 4.79 Å². The molecule has 2 aliphatic heterocycles. The van der Waals surface area contributed by atoms with E-state index in [2.05, 4.69) is 29.4 Å². The van der Waals surface area contributed by atoms with Crippen molar-refractivity contribution in [2.24, 2.45) is 0 Å². The second-order valence-corrected chi connectivity index (χ2v) is 8.68. The summed E-state index contributed by atoms with van der Waals surface area (Å²) in [6.45, 7) is 6.88. The highest BCUT2D eigenvalue weighted by Gasteiger charge is 2.27. The van der Waals surface area contributed by atoms with Gasteiger partial charge in [-0.1, -0.05) is 42.5 Å². The van der Waals surface area contributed by atoms with Crippen LogP contribution in [-0.2, 0) is 9.53 Å². The number of carbonyl (C=O) groups is 2. The van der Waals surface area contributed by atoms with Gasteiger partial charge in [-0.05, 0) is 38.0 Å². The van der Waals surface area contributed by atoms with Crippen molar-refractivity contribution >= 4 is 23.3 Å². The Morgan fingerprint density at radius 3 is 2.44 bits per heavy atom. The molecule has 2 saturated heterocycles. The summed E-state index contributed by atoms with van der Waals surface area (Å²) in [6.07, 6.45) is 1.70. The number of hydrogen-bond acceptors (Lipinski definition) is 4. The summed E-state index contributed by atoms with van der Waals surface area (Å²) in [7, 11) is 0. The molecule has 0 aromatic heterocycles. The number of benzene rings is 2. The monoisotopic (exact) mass is 436 g/mol. The lowest BCUT2D eigenvalue weighted by atomic mass is 10.1. The van der Waals surface area contributed by atoms with Gasteiger partial charge in [0.05, 0.1) is 29.6 Å². The van der Waals surface area contributed by atoms with Crippen LogP contribution < -0.4 is 15.5 Å². The molecule has 32 heavy (non-hydrogen) atoms. The van der Waals surface area contributed by atoms with Crippen LogP contribution in [0, 0.1) is 0 Å². The maximum absolute atomic E-state index is 13.0. The molecule has 0 bridgehead atoms. The van der Waals surface area contributed by atoms with Crippen LogP contribution in [0.25, 0.3) is 0 Å². The maximum Gasteiger partial charge on any atom is 0.319 e. The lowest BCUT2D eigenvalue weighted by Gasteiger charge is -2.37. The van der Waals surface area contributed by atoms with E-state index in [1.807, 2.05) is 59.5 Å². The highest BCUT2D eigenvalue weighted by Crippen LogP contribution is 2.29. The smallest absolute Gasteiger partial charge is 0.319 e. The van der Waals surface area contributed by atoms with Crippen LogP contribution in [0.15, 0.2) is 54.6 Å². The molecule has 2 fully saturated rings. The van der Waals surface area contributed by atoms with Crippen molar-refractivity contribution in [1.29, 1.82) is 0 Å². The van der Waals surface area contributed by atoms with Crippen molar-refractivity contribution in [3.8, 4) is 0 Å². The Morgan fingerprint density at radius 1 is 1.06 bits per heavy atom. The quantitative estimate of drug-likeness (QED) is 0.723. The van der Waals surface area contributed by atoms with Gasteiger partial charge in [0.15, 0.2) is 0 Å². The first-order chi connectivity index (χ1) is 15.5. The van der Waals surface area contributed by atoms with E-state index in [0.717, 1.165) is 43.0 Å². The van der Waals surface area contributed by atoms with E-state index in [9.17, 15) is 9.59 Å². The van der Waals surface area contributed by atoms with Gasteiger partial charge in [0.1, 0.15) is 0 Å². The summed E-state index contributed by atoms with van der Waals surface area (Å²) in [5.41, 5.74) is 2.72. The van der Waals surface area contributed by atoms with Gasteiger partial charge in [0.25, 0.3) is 0 Å². The third kappa shape index (κ3) is 5.40. The van der Waals surface area contributed by atoms with Gasteiger partial charge in [-0.15, -0.1) is 0 Å². The third-order valence-corrected chi connectivity index (χ3v) is 5.99. The van der Waals surface area contributed by atoms with Crippen molar-refractivity contribution < 1.29 is 14.3 Å². The fourth-order valence-corrected chi connectivity index (χ4v) is 4.58. The molecule has 2 N–H and O–H groups in total. The normalized spacial score (nSPS) is 22.0.